The molecule has 0 aromatic heterocycles. The molecule has 27 heavy (non-hydrogen) atoms. The Hall–Kier alpha value is -3.11. The van der Waals surface area contributed by atoms with Crippen molar-refractivity contribution in [1.29, 1.82) is 0 Å². The molecule has 0 spiro atoms. The van der Waals surface area contributed by atoms with Crippen molar-refractivity contribution in [3.8, 4) is 16.9 Å². The Bertz CT molecular complexity index is 876. The molecule has 1 atom stereocenters. The summed E-state index contributed by atoms with van der Waals surface area (Å²) in [5, 5.41) is 0. The Morgan fingerprint density at radius 1 is 0.889 bits per heavy atom. The van der Waals surface area contributed by atoms with E-state index in [0.29, 0.717) is 13.0 Å². The first kappa shape index (κ1) is 18.7. The molecular formula is C23H23NO3. The highest BCUT2D eigenvalue weighted by molar-refractivity contribution is 5.76. The molecule has 0 heterocycles. The SMILES string of the molecule is COC(=O)[C@@H](N)Cc1ccc(-c2ccccc2OCc2ccccc2)cc1. The summed E-state index contributed by atoms with van der Waals surface area (Å²) in [7, 11) is 1.34. The minimum absolute atomic E-state index is 0.404. The summed E-state index contributed by atoms with van der Waals surface area (Å²) in [6, 6.07) is 25.4. The first-order chi connectivity index (χ1) is 13.2. The Labute approximate surface area is 159 Å². The Morgan fingerprint density at radius 3 is 2.26 bits per heavy atom. The monoisotopic (exact) mass is 361 g/mol. The summed E-state index contributed by atoms with van der Waals surface area (Å²) in [6.07, 6.45) is 0.444. The van der Waals surface area contributed by atoms with Crippen LogP contribution in [0.5, 0.6) is 5.75 Å². The lowest BCUT2D eigenvalue weighted by atomic mass is 10.0. The standard InChI is InChI=1S/C23H23NO3/c1-26-23(25)21(24)15-17-11-13-19(14-12-17)20-9-5-6-10-22(20)27-16-18-7-3-2-4-8-18/h2-14,21H,15-16,24H2,1H3/t21-/m0/s1. The number of hydrogen-bond donors (Lipinski definition) is 1. The van der Waals surface area contributed by atoms with E-state index in [4.69, 9.17) is 10.5 Å². The van der Waals surface area contributed by atoms with Gasteiger partial charge >= 0.3 is 5.97 Å². The molecule has 138 valence electrons. The highest BCUT2D eigenvalue weighted by Gasteiger charge is 2.14. The van der Waals surface area contributed by atoms with Crippen molar-refractivity contribution in [3.05, 3.63) is 90.0 Å². The van der Waals surface area contributed by atoms with Crippen molar-refractivity contribution in [2.75, 3.05) is 7.11 Å². The molecule has 4 heteroatoms. The van der Waals surface area contributed by atoms with Gasteiger partial charge in [-0.3, -0.25) is 4.79 Å². The van der Waals surface area contributed by atoms with Gasteiger partial charge in [0.25, 0.3) is 0 Å². The van der Waals surface area contributed by atoms with Gasteiger partial charge in [0.1, 0.15) is 18.4 Å². The van der Waals surface area contributed by atoms with Crippen LogP contribution in [0.15, 0.2) is 78.9 Å². The van der Waals surface area contributed by atoms with E-state index in [1.807, 2.05) is 78.9 Å². The van der Waals surface area contributed by atoms with Gasteiger partial charge in [-0.2, -0.15) is 0 Å². The summed E-state index contributed by atoms with van der Waals surface area (Å²) in [5.74, 6) is 0.430. The summed E-state index contributed by atoms with van der Waals surface area (Å²) in [6.45, 7) is 0.518. The van der Waals surface area contributed by atoms with Gasteiger partial charge < -0.3 is 15.2 Å². The zero-order valence-electron chi connectivity index (χ0n) is 15.3. The maximum atomic E-state index is 11.5. The first-order valence-corrected chi connectivity index (χ1v) is 8.86. The molecule has 2 N–H and O–H groups in total. The molecule has 0 radical (unpaired) electrons. The van der Waals surface area contributed by atoms with Crippen LogP contribution in [0.25, 0.3) is 11.1 Å². The van der Waals surface area contributed by atoms with Gasteiger partial charge in [-0.05, 0) is 29.2 Å². The van der Waals surface area contributed by atoms with Gasteiger partial charge in [-0.15, -0.1) is 0 Å². The largest absolute Gasteiger partial charge is 0.488 e. The van der Waals surface area contributed by atoms with Gasteiger partial charge in [0.15, 0.2) is 0 Å². The predicted molar refractivity (Wildman–Crippen MR) is 106 cm³/mol. The first-order valence-electron chi connectivity index (χ1n) is 8.86. The third-order valence-corrected chi connectivity index (χ3v) is 4.35. The summed E-state index contributed by atoms with van der Waals surface area (Å²) >= 11 is 0. The van der Waals surface area contributed by atoms with E-state index in [0.717, 1.165) is 28.0 Å². The number of esters is 1. The van der Waals surface area contributed by atoms with Crippen LogP contribution in [0.4, 0.5) is 0 Å². The van der Waals surface area contributed by atoms with E-state index in [1.165, 1.54) is 7.11 Å². The van der Waals surface area contributed by atoms with Crippen molar-refractivity contribution < 1.29 is 14.3 Å². The molecular weight excluding hydrogens is 338 g/mol. The fourth-order valence-electron chi connectivity index (χ4n) is 2.88. The van der Waals surface area contributed by atoms with Crippen LogP contribution >= 0.6 is 0 Å². The lowest BCUT2D eigenvalue weighted by Gasteiger charge is -2.13. The number of carbonyl (C=O) groups excluding carboxylic acids is 1. The number of ether oxygens (including phenoxy) is 2. The van der Waals surface area contributed by atoms with Crippen LogP contribution in [-0.2, 0) is 22.6 Å². The smallest absolute Gasteiger partial charge is 0.322 e. The fraction of sp³-hybridized carbons (Fsp3) is 0.174. The minimum atomic E-state index is -0.651. The van der Waals surface area contributed by atoms with E-state index in [1.54, 1.807) is 0 Å². The van der Waals surface area contributed by atoms with Crippen molar-refractivity contribution in [2.24, 2.45) is 5.73 Å². The van der Waals surface area contributed by atoms with Gasteiger partial charge in [0.05, 0.1) is 7.11 Å². The molecule has 3 aromatic carbocycles. The Kier molecular flexibility index (Phi) is 6.23. The quantitative estimate of drug-likeness (QED) is 0.647. The number of methoxy groups -OCH3 is 1. The molecule has 3 rings (SSSR count). The zero-order chi connectivity index (χ0) is 19.1. The van der Waals surface area contributed by atoms with Crippen molar-refractivity contribution in [3.63, 3.8) is 0 Å². The molecule has 0 bridgehead atoms. The van der Waals surface area contributed by atoms with Gasteiger partial charge in [-0.1, -0.05) is 72.8 Å². The molecule has 3 aromatic rings. The molecule has 4 nitrogen and oxygen atoms in total. The zero-order valence-corrected chi connectivity index (χ0v) is 15.3. The van der Waals surface area contributed by atoms with E-state index < -0.39 is 12.0 Å². The van der Waals surface area contributed by atoms with Crippen LogP contribution in [0.3, 0.4) is 0 Å². The Morgan fingerprint density at radius 2 is 1.56 bits per heavy atom. The third kappa shape index (κ3) is 4.96. The average molecular weight is 361 g/mol. The van der Waals surface area contributed by atoms with Crippen molar-refractivity contribution in [1.82, 2.24) is 0 Å². The summed E-state index contributed by atoms with van der Waals surface area (Å²) < 4.78 is 10.7. The third-order valence-electron chi connectivity index (χ3n) is 4.35. The molecule has 0 unspecified atom stereocenters. The number of benzene rings is 3. The van der Waals surface area contributed by atoms with Gasteiger partial charge in [0, 0.05) is 5.56 Å². The maximum Gasteiger partial charge on any atom is 0.322 e. The van der Waals surface area contributed by atoms with Crippen LogP contribution in [0.1, 0.15) is 11.1 Å². The fourth-order valence-corrected chi connectivity index (χ4v) is 2.88. The summed E-state index contributed by atoms with van der Waals surface area (Å²) in [4.78, 5) is 11.5. The van der Waals surface area contributed by atoms with Gasteiger partial charge in [-0.25, -0.2) is 0 Å². The second-order valence-corrected chi connectivity index (χ2v) is 6.30. The molecule has 0 aliphatic rings. The molecule has 0 saturated heterocycles. The van der Waals surface area contributed by atoms with E-state index in [9.17, 15) is 4.79 Å². The second-order valence-electron chi connectivity index (χ2n) is 6.30. The number of carbonyl (C=O) groups is 1. The highest BCUT2D eigenvalue weighted by atomic mass is 16.5. The van der Waals surface area contributed by atoms with Crippen LogP contribution in [0.2, 0.25) is 0 Å². The second kappa shape index (κ2) is 9.01. The minimum Gasteiger partial charge on any atom is -0.488 e. The average Bonchev–Trinajstić information content (AvgIpc) is 2.73. The van der Waals surface area contributed by atoms with Crippen LogP contribution < -0.4 is 10.5 Å². The van der Waals surface area contributed by atoms with E-state index in [2.05, 4.69) is 4.74 Å². The Balaban J connectivity index is 1.73. The molecule has 0 aliphatic heterocycles. The molecule has 0 saturated carbocycles. The molecule has 0 aliphatic carbocycles. The van der Waals surface area contributed by atoms with Crippen LogP contribution in [0, 0.1) is 0 Å². The van der Waals surface area contributed by atoms with Crippen molar-refractivity contribution >= 4 is 5.97 Å². The lowest BCUT2D eigenvalue weighted by Crippen LogP contribution is -2.33. The number of hydrogen-bond acceptors (Lipinski definition) is 4. The maximum absolute atomic E-state index is 11.5. The highest BCUT2D eigenvalue weighted by Crippen LogP contribution is 2.30. The van der Waals surface area contributed by atoms with Crippen molar-refractivity contribution in [2.45, 2.75) is 19.1 Å². The number of para-hydroxylation sites is 1. The predicted octanol–water partition coefficient (Wildman–Crippen LogP) is 3.98. The molecule has 0 fully saturated rings. The topological polar surface area (TPSA) is 61.5 Å². The molecule has 0 amide bonds. The number of rotatable bonds is 7. The van der Waals surface area contributed by atoms with E-state index in [-0.39, 0.29) is 0 Å². The summed E-state index contributed by atoms with van der Waals surface area (Å²) in [5.41, 5.74) is 10.0. The normalized spacial score (nSPS) is 11.6. The van der Waals surface area contributed by atoms with Gasteiger partial charge in [0.2, 0.25) is 0 Å². The van der Waals surface area contributed by atoms with Crippen LogP contribution in [-0.4, -0.2) is 19.1 Å². The number of nitrogens with two attached hydrogens (primary N) is 1. The van der Waals surface area contributed by atoms with E-state index >= 15 is 0 Å². The lowest BCUT2D eigenvalue weighted by molar-refractivity contribution is -0.142.